The molecular weight excluding hydrogens is 663 g/mol. The van der Waals surface area contributed by atoms with Crippen LogP contribution in [0.5, 0.6) is 0 Å². The SMILES string of the molecule is C=Cc1cccc(-c2ccc(-c3ccc(-c4c(C=C)c(C=C)c(-c5cccc(C(=C)/C(C)=C/C=C(C)C)c5C=C)c5ccccc45)cc3)cn2)c1C=C.CC. The largest absolute Gasteiger partial charge is 0.256 e. The van der Waals surface area contributed by atoms with Gasteiger partial charge in [0.15, 0.2) is 0 Å². The van der Waals surface area contributed by atoms with Crippen molar-refractivity contribution in [2.24, 2.45) is 0 Å². The molecule has 0 radical (unpaired) electrons. The summed E-state index contributed by atoms with van der Waals surface area (Å²) >= 11 is 0. The molecule has 1 nitrogen and oxygen atoms in total. The number of aromatic nitrogens is 1. The Morgan fingerprint density at radius 3 is 1.65 bits per heavy atom. The Morgan fingerprint density at radius 2 is 1.07 bits per heavy atom. The zero-order chi connectivity index (χ0) is 39.6. The smallest absolute Gasteiger partial charge is 0.0708 e. The van der Waals surface area contributed by atoms with Crippen LogP contribution < -0.4 is 0 Å². The fourth-order valence-electron chi connectivity index (χ4n) is 7.14. The van der Waals surface area contributed by atoms with Gasteiger partial charge in [-0.15, -0.1) is 0 Å². The maximum absolute atomic E-state index is 4.85. The molecule has 5 aromatic carbocycles. The average molecular weight is 714 g/mol. The average Bonchev–Trinajstić information content (AvgIpc) is 3.24. The van der Waals surface area contributed by atoms with E-state index in [2.05, 4.69) is 157 Å². The van der Waals surface area contributed by atoms with Crippen LogP contribution in [0.4, 0.5) is 0 Å². The normalized spacial score (nSPS) is 10.8. The molecule has 0 bridgehead atoms. The summed E-state index contributed by atoms with van der Waals surface area (Å²) in [5.41, 5.74) is 18.0. The summed E-state index contributed by atoms with van der Waals surface area (Å²) in [5, 5.41) is 2.27. The lowest BCUT2D eigenvalue weighted by Gasteiger charge is -2.22. The van der Waals surface area contributed by atoms with Gasteiger partial charge >= 0.3 is 0 Å². The number of rotatable bonds is 12. The molecule has 0 amide bonds. The molecule has 55 heavy (non-hydrogen) atoms. The molecule has 0 N–H and O–H groups in total. The molecule has 0 unspecified atom stereocenters. The van der Waals surface area contributed by atoms with Gasteiger partial charge in [-0.1, -0.05) is 192 Å². The Labute approximate surface area is 329 Å². The number of nitrogens with zero attached hydrogens (tertiary/aromatic N) is 1. The number of pyridine rings is 1. The molecule has 6 aromatic rings. The van der Waals surface area contributed by atoms with Gasteiger partial charge in [-0.25, -0.2) is 0 Å². The number of fused-ring (bicyclic) bond motifs is 1. The van der Waals surface area contributed by atoms with Crippen molar-refractivity contribution in [2.45, 2.75) is 34.6 Å². The zero-order valence-electron chi connectivity index (χ0n) is 33.0. The van der Waals surface area contributed by atoms with E-state index in [1.165, 1.54) is 5.57 Å². The molecular formula is C54H51N. The number of benzene rings is 5. The number of hydrogen-bond acceptors (Lipinski definition) is 1. The minimum atomic E-state index is 0.896. The Balaban J connectivity index is 0.00000285. The first-order valence-electron chi connectivity index (χ1n) is 18.8. The Bertz CT molecular complexity index is 2490. The van der Waals surface area contributed by atoms with E-state index in [1.807, 2.05) is 62.6 Å². The van der Waals surface area contributed by atoms with Gasteiger partial charge in [0.05, 0.1) is 5.69 Å². The van der Waals surface area contributed by atoms with E-state index >= 15 is 0 Å². The molecule has 0 atom stereocenters. The van der Waals surface area contributed by atoms with Crippen LogP contribution in [0.2, 0.25) is 0 Å². The molecule has 1 heteroatoms. The topological polar surface area (TPSA) is 12.9 Å². The zero-order valence-corrected chi connectivity index (χ0v) is 33.0. The summed E-state index contributed by atoms with van der Waals surface area (Å²) in [6.45, 7) is 35.7. The second-order valence-electron chi connectivity index (χ2n) is 13.3. The standard InChI is InChI=1S/C52H45N.C2H6/c1-10-37-19-17-23-46(41(37)11-2)50-32-31-40(33-53-50)38-27-29-39(30-28-38)51-43(13-4)44(14-5)52(49-21-16-15-20-48(49)51)47-24-18-22-45(42(47)12-3)36(9)35(8)26-25-34(6)7;1-2/h10-33H,1-5,9H2,6-8H3;1-2H3/b35-26+;. The number of hydrogen-bond donors (Lipinski definition) is 0. The van der Waals surface area contributed by atoms with Gasteiger partial charge in [0, 0.05) is 17.3 Å². The molecule has 0 fully saturated rings. The molecule has 0 aliphatic heterocycles. The van der Waals surface area contributed by atoms with E-state index < -0.39 is 0 Å². The first kappa shape index (κ1) is 39.6. The number of allylic oxidation sites excluding steroid dienone is 5. The lowest BCUT2D eigenvalue weighted by molar-refractivity contribution is 1.32. The lowest BCUT2D eigenvalue weighted by Crippen LogP contribution is -1.99. The van der Waals surface area contributed by atoms with E-state index in [1.54, 1.807) is 0 Å². The highest BCUT2D eigenvalue weighted by molar-refractivity contribution is 6.13. The molecule has 272 valence electrons. The van der Waals surface area contributed by atoms with Gasteiger partial charge in [-0.05, 0) is 110 Å². The van der Waals surface area contributed by atoms with E-state index in [-0.39, 0.29) is 0 Å². The second kappa shape index (κ2) is 18.0. The highest BCUT2D eigenvalue weighted by Crippen LogP contribution is 2.45. The van der Waals surface area contributed by atoms with Crippen molar-refractivity contribution in [2.75, 3.05) is 0 Å². The van der Waals surface area contributed by atoms with Crippen LogP contribution in [-0.2, 0) is 0 Å². The third-order valence-electron chi connectivity index (χ3n) is 9.86. The first-order chi connectivity index (χ1) is 26.8. The lowest BCUT2D eigenvalue weighted by atomic mass is 9.81. The fraction of sp³-hybridized carbons (Fsp3) is 0.0926. The fourth-order valence-corrected chi connectivity index (χ4v) is 7.14. The van der Waals surface area contributed by atoms with Gasteiger partial charge < -0.3 is 0 Å². The molecule has 1 heterocycles. The first-order valence-corrected chi connectivity index (χ1v) is 18.8. The van der Waals surface area contributed by atoms with Crippen LogP contribution in [0, 0.1) is 0 Å². The van der Waals surface area contributed by atoms with Crippen molar-refractivity contribution >= 4 is 46.7 Å². The van der Waals surface area contributed by atoms with Gasteiger partial charge in [0.25, 0.3) is 0 Å². The van der Waals surface area contributed by atoms with Crippen molar-refractivity contribution in [1.82, 2.24) is 4.98 Å². The molecule has 0 saturated heterocycles. The van der Waals surface area contributed by atoms with Crippen LogP contribution in [0.15, 0.2) is 166 Å². The van der Waals surface area contributed by atoms with E-state index in [0.29, 0.717) is 0 Å². The predicted octanol–water partition coefficient (Wildman–Crippen LogP) is 16.1. The second-order valence-corrected chi connectivity index (χ2v) is 13.3. The van der Waals surface area contributed by atoms with Crippen LogP contribution in [0.3, 0.4) is 0 Å². The van der Waals surface area contributed by atoms with E-state index in [9.17, 15) is 0 Å². The van der Waals surface area contributed by atoms with Crippen LogP contribution in [0.1, 0.15) is 68.0 Å². The third kappa shape index (κ3) is 7.88. The summed E-state index contributed by atoms with van der Waals surface area (Å²) in [4.78, 5) is 4.85. The molecule has 0 aliphatic carbocycles. The van der Waals surface area contributed by atoms with Crippen molar-refractivity contribution in [3.05, 3.63) is 199 Å². The summed E-state index contributed by atoms with van der Waals surface area (Å²) in [6, 6.07) is 34.1. The van der Waals surface area contributed by atoms with Gasteiger partial charge in [0.1, 0.15) is 0 Å². The molecule has 0 aliphatic rings. The minimum Gasteiger partial charge on any atom is -0.256 e. The predicted molar refractivity (Wildman–Crippen MR) is 248 cm³/mol. The molecule has 0 spiro atoms. The minimum absolute atomic E-state index is 0.896. The van der Waals surface area contributed by atoms with Gasteiger partial charge in [0.2, 0.25) is 0 Å². The van der Waals surface area contributed by atoms with E-state index in [4.69, 9.17) is 4.98 Å². The van der Waals surface area contributed by atoms with Crippen LogP contribution in [0.25, 0.3) is 91.4 Å². The summed E-state index contributed by atoms with van der Waals surface area (Å²) in [7, 11) is 0. The van der Waals surface area contributed by atoms with Crippen molar-refractivity contribution < 1.29 is 0 Å². The quantitative estimate of drug-likeness (QED) is 0.115. The molecule has 0 saturated carbocycles. The van der Waals surface area contributed by atoms with Crippen LogP contribution >= 0.6 is 0 Å². The molecule has 6 rings (SSSR count). The van der Waals surface area contributed by atoms with Crippen molar-refractivity contribution in [3.63, 3.8) is 0 Å². The summed E-state index contributed by atoms with van der Waals surface area (Å²) in [5.74, 6) is 0. The van der Waals surface area contributed by atoms with Gasteiger partial charge in [-0.3, -0.25) is 4.98 Å². The maximum Gasteiger partial charge on any atom is 0.0708 e. The summed E-state index contributed by atoms with van der Waals surface area (Å²) in [6.07, 6.45) is 15.8. The van der Waals surface area contributed by atoms with Gasteiger partial charge in [-0.2, -0.15) is 0 Å². The Morgan fingerprint density at radius 1 is 0.509 bits per heavy atom. The van der Waals surface area contributed by atoms with Crippen LogP contribution in [-0.4, -0.2) is 4.98 Å². The Hall–Kier alpha value is -6.57. The maximum atomic E-state index is 4.85. The third-order valence-corrected chi connectivity index (χ3v) is 9.86. The van der Waals surface area contributed by atoms with Crippen molar-refractivity contribution in [3.8, 4) is 44.6 Å². The van der Waals surface area contributed by atoms with E-state index in [0.717, 1.165) is 99.9 Å². The monoisotopic (exact) mass is 713 g/mol. The highest BCUT2D eigenvalue weighted by atomic mass is 14.7. The molecule has 1 aromatic heterocycles. The summed E-state index contributed by atoms with van der Waals surface area (Å²) < 4.78 is 0. The van der Waals surface area contributed by atoms with Crippen molar-refractivity contribution in [1.29, 1.82) is 0 Å². The highest BCUT2D eigenvalue weighted by Gasteiger charge is 2.21. The Kier molecular flexibility index (Phi) is 12.9.